The van der Waals surface area contributed by atoms with Crippen molar-refractivity contribution in [2.24, 2.45) is 5.41 Å². The van der Waals surface area contributed by atoms with Gasteiger partial charge < -0.3 is 10.6 Å². The maximum atomic E-state index is 13.5. The second-order valence-electron chi connectivity index (χ2n) is 10.6. The number of para-hydroxylation sites is 1. The molecule has 1 aromatic heterocycles. The molecule has 10 nitrogen and oxygen atoms in total. The predicted octanol–water partition coefficient (Wildman–Crippen LogP) is 3.20. The predicted molar refractivity (Wildman–Crippen MR) is 155 cm³/mol. The van der Waals surface area contributed by atoms with E-state index in [1.807, 2.05) is 81.4 Å². The third-order valence-corrected chi connectivity index (χ3v) is 7.94. The molecule has 212 valence electrons. The third-order valence-electron chi connectivity index (χ3n) is 6.46. The van der Waals surface area contributed by atoms with Crippen LogP contribution in [-0.2, 0) is 21.4 Å². The van der Waals surface area contributed by atoms with Gasteiger partial charge in [0.25, 0.3) is 5.91 Å². The molecule has 0 unspecified atom stereocenters. The zero-order valence-electron chi connectivity index (χ0n) is 23.1. The highest BCUT2D eigenvalue weighted by Crippen LogP contribution is 2.23. The normalized spacial score (nSPS) is 12.4. The number of nitriles is 1. The molecule has 11 heteroatoms. The quantitative estimate of drug-likeness (QED) is 0.249. The number of hydrogen-bond acceptors (Lipinski definition) is 6. The molecule has 0 spiro atoms. The Morgan fingerprint density at radius 3 is 2.27 bits per heavy atom. The van der Waals surface area contributed by atoms with Gasteiger partial charge in [-0.2, -0.15) is 10.4 Å². The zero-order valence-corrected chi connectivity index (χ0v) is 23.9. The van der Waals surface area contributed by atoms with Crippen LogP contribution in [0.5, 0.6) is 0 Å². The van der Waals surface area contributed by atoms with Crippen molar-refractivity contribution in [3.05, 3.63) is 95.7 Å². The zero-order chi connectivity index (χ0) is 29.6. The molecule has 0 fully saturated rings. The fourth-order valence-corrected chi connectivity index (χ4v) is 5.34. The monoisotopic (exact) mass is 572 g/mol. The fourth-order valence-electron chi connectivity index (χ4n) is 4.31. The molecule has 3 N–H and O–H groups in total. The molecule has 1 heterocycles. The van der Waals surface area contributed by atoms with Gasteiger partial charge in [-0.25, -0.2) is 13.1 Å². The number of aromatic nitrogens is 2. The highest BCUT2D eigenvalue weighted by atomic mass is 32.2. The van der Waals surface area contributed by atoms with Crippen LogP contribution in [0.15, 0.2) is 83.8 Å². The number of rotatable bonds is 10. The highest BCUT2D eigenvalue weighted by Gasteiger charge is 2.34. The molecule has 4 rings (SSSR count). The SMILES string of the molecule is CC(C)(C)[C@H](NC(=O)c1nn(Cc2ccccc2)c2ccccc12)C(=O)NCCNS(=O)(=O)c1ccc(C#N)cc1. The smallest absolute Gasteiger partial charge is 0.273 e. The molecule has 0 aliphatic carbocycles. The van der Waals surface area contributed by atoms with Gasteiger partial charge in [-0.3, -0.25) is 14.3 Å². The molecular weight excluding hydrogens is 540 g/mol. The van der Waals surface area contributed by atoms with Gasteiger partial charge in [0.1, 0.15) is 6.04 Å². The Bertz CT molecular complexity index is 1690. The summed E-state index contributed by atoms with van der Waals surface area (Å²) in [7, 11) is -3.82. The second-order valence-corrected chi connectivity index (χ2v) is 12.4. The number of amides is 2. The van der Waals surface area contributed by atoms with Crippen molar-refractivity contribution in [3.8, 4) is 6.07 Å². The van der Waals surface area contributed by atoms with E-state index >= 15 is 0 Å². The summed E-state index contributed by atoms with van der Waals surface area (Å²) in [6.45, 7) is 5.92. The first-order valence-electron chi connectivity index (χ1n) is 13.1. The summed E-state index contributed by atoms with van der Waals surface area (Å²) >= 11 is 0. The van der Waals surface area contributed by atoms with Gasteiger partial charge in [0.05, 0.1) is 28.6 Å². The van der Waals surface area contributed by atoms with E-state index in [4.69, 9.17) is 5.26 Å². The molecule has 41 heavy (non-hydrogen) atoms. The summed E-state index contributed by atoms with van der Waals surface area (Å²) in [5, 5.41) is 19.7. The molecule has 1 atom stereocenters. The van der Waals surface area contributed by atoms with Crippen molar-refractivity contribution >= 4 is 32.7 Å². The van der Waals surface area contributed by atoms with Crippen LogP contribution in [0.2, 0.25) is 0 Å². The minimum atomic E-state index is -3.82. The molecule has 0 saturated carbocycles. The average Bonchev–Trinajstić information content (AvgIpc) is 3.32. The largest absolute Gasteiger partial charge is 0.353 e. The first-order valence-corrected chi connectivity index (χ1v) is 14.6. The van der Waals surface area contributed by atoms with Crippen molar-refractivity contribution in [1.82, 2.24) is 25.1 Å². The van der Waals surface area contributed by atoms with Gasteiger partial charge in [-0.05, 0) is 41.3 Å². The fraction of sp³-hybridized carbons (Fsp3) is 0.267. The maximum Gasteiger partial charge on any atom is 0.273 e. The lowest BCUT2D eigenvalue weighted by molar-refractivity contribution is -0.125. The van der Waals surface area contributed by atoms with E-state index in [1.165, 1.54) is 24.3 Å². The topological polar surface area (TPSA) is 146 Å². The molecule has 4 aromatic rings. The number of hydrogen-bond donors (Lipinski definition) is 3. The number of carbonyl (C=O) groups is 2. The van der Waals surface area contributed by atoms with Crippen molar-refractivity contribution in [3.63, 3.8) is 0 Å². The number of carbonyl (C=O) groups excluding carboxylic acids is 2. The Morgan fingerprint density at radius 1 is 0.951 bits per heavy atom. The minimum absolute atomic E-state index is 0.00538. The summed E-state index contributed by atoms with van der Waals surface area (Å²) in [5.74, 6) is -0.930. The number of nitrogens with one attached hydrogen (secondary N) is 3. The van der Waals surface area contributed by atoms with Crippen LogP contribution in [-0.4, -0.2) is 49.1 Å². The van der Waals surface area contributed by atoms with Crippen LogP contribution < -0.4 is 15.4 Å². The molecular formula is C30H32N6O4S. The van der Waals surface area contributed by atoms with Crippen LogP contribution in [0.25, 0.3) is 10.9 Å². The number of sulfonamides is 1. The van der Waals surface area contributed by atoms with Crippen LogP contribution >= 0.6 is 0 Å². The number of benzene rings is 3. The highest BCUT2D eigenvalue weighted by molar-refractivity contribution is 7.89. The van der Waals surface area contributed by atoms with E-state index in [1.54, 1.807) is 4.68 Å². The van der Waals surface area contributed by atoms with E-state index in [-0.39, 0.29) is 23.7 Å². The summed E-state index contributed by atoms with van der Waals surface area (Å²) in [4.78, 5) is 26.7. The van der Waals surface area contributed by atoms with Gasteiger partial charge in [0, 0.05) is 18.5 Å². The van der Waals surface area contributed by atoms with Crippen LogP contribution in [0, 0.1) is 16.7 Å². The van der Waals surface area contributed by atoms with E-state index in [2.05, 4.69) is 20.5 Å². The standard InChI is InChI=1S/C30H32N6O4S/c1-30(2,3)27(29(38)32-17-18-33-41(39,40)23-15-13-21(19-31)14-16-23)34-28(37)26-24-11-7-8-12-25(24)36(35-26)20-22-9-5-4-6-10-22/h4-16,27,33H,17-18,20H2,1-3H3,(H,32,38)(H,34,37)/t27-/m1/s1. The van der Waals surface area contributed by atoms with Gasteiger partial charge in [-0.15, -0.1) is 0 Å². The lowest BCUT2D eigenvalue weighted by Gasteiger charge is -2.30. The average molecular weight is 573 g/mol. The summed E-state index contributed by atoms with van der Waals surface area (Å²) in [5.41, 5.74) is 1.75. The summed E-state index contributed by atoms with van der Waals surface area (Å²) in [6.07, 6.45) is 0. The first kappa shape index (κ1) is 29.5. The van der Waals surface area contributed by atoms with Gasteiger partial charge in [0.15, 0.2) is 5.69 Å². The van der Waals surface area contributed by atoms with Crippen molar-refractivity contribution in [1.29, 1.82) is 5.26 Å². The maximum absolute atomic E-state index is 13.5. The molecule has 0 bridgehead atoms. The van der Waals surface area contributed by atoms with Gasteiger partial charge in [-0.1, -0.05) is 69.3 Å². The Morgan fingerprint density at radius 2 is 1.61 bits per heavy atom. The Labute approximate surface area is 239 Å². The molecule has 2 amide bonds. The number of nitrogens with zero attached hydrogens (tertiary/aromatic N) is 3. The second kappa shape index (κ2) is 12.3. The Kier molecular flexibility index (Phi) is 8.86. The van der Waals surface area contributed by atoms with E-state index in [0.717, 1.165) is 11.1 Å². The Balaban J connectivity index is 1.43. The van der Waals surface area contributed by atoms with Crippen LogP contribution in [0.4, 0.5) is 0 Å². The number of fused-ring (bicyclic) bond motifs is 1. The minimum Gasteiger partial charge on any atom is -0.353 e. The first-order chi connectivity index (χ1) is 19.5. The molecule has 0 radical (unpaired) electrons. The summed E-state index contributed by atoms with van der Waals surface area (Å²) in [6, 6.07) is 23.8. The van der Waals surface area contributed by atoms with E-state index < -0.39 is 33.3 Å². The molecule has 3 aromatic carbocycles. The van der Waals surface area contributed by atoms with Crippen molar-refractivity contribution < 1.29 is 18.0 Å². The van der Waals surface area contributed by atoms with Crippen molar-refractivity contribution in [2.75, 3.05) is 13.1 Å². The van der Waals surface area contributed by atoms with Crippen LogP contribution in [0.3, 0.4) is 0 Å². The lowest BCUT2D eigenvalue weighted by Crippen LogP contribution is -2.54. The van der Waals surface area contributed by atoms with Crippen LogP contribution in [0.1, 0.15) is 42.4 Å². The molecule has 0 saturated heterocycles. The Hall–Kier alpha value is -4.53. The lowest BCUT2D eigenvalue weighted by atomic mass is 9.86. The molecule has 0 aliphatic heterocycles. The summed E-state index contributed by atoms with van der Waals surface area (Å²) < 4.78 is 29.2. The third kappa shape index (κ3) is 7.16. The van der Waals surface area contributed by atoms with E-state index in [9.17, 15) is 18.0 Å². The van der Waals surface area contributed by atoms with E-state index in [0.29, 0.717) is 17.5 Å². The van der Waals surface area contributed by atoms with Gasteiger partial charge in [0.2, 0.25) is 15.9 Å². The van der Waals surface area contributed by atoms with Gasteiger partial charge >= 0.3 is 0 Å². The molecule has 0 aliphatic rings. The van der Waals surface area contributed by atoms with Crippen molar-refractivity contribution in [2.45, 2.75) is 38.3 Å².